The summed E-state index contributed by atoms with van der Waals surface area (Å²) in [5, 5.41) is 3.88. The molecule has 0 aliphatic carbocycles. The molecule has 4 nitrogen and oxygen atoms in total. The van der Waals surface area contributed by atoms with Crippen molar-refractivity contribution in [1.82, 2.24) is 5.32 Å². The summed E-state index contributed by atoms with van der Waals surface area (Å²) >= 11 is 5.34. The fourth-order valence-corrected chi connectivity index (χ4v) is 2.26. The number of nitrogens with one attached hydrogen (secondary N) is 1. The van der Waals surface area contributed by atoms with Crippen LogP contribution in [0.5, 0.6) is 0 Å². The molecule has 3 N–H and O–H groups in total. The predicted octanol–water partition coefficient (Wildman–Crippen LogP) is 1.81. The lowest BCUT2D eigenvalue weighted by Gasteiger charge is -2.34. The Hall–Kier alpha value is -1.72. The van der Waals surface area contributed by atoms with E-state index in [0.717, 1.165) is 5.69 Å². The second kappa shape index (κ2) is 5.11. The summed E-state index contributed by atoms with van der Waals surface area (Å²) in [4.78, 5) is 13.3. The van der Waals surface area contributed by atoms with E-state index in [1.54, 1.807) is 12.1 Å². The highest BCUT2D eigenvalue weighted by atomic mass is 32.1. The number of hydrogen-bond donors (Lipinski definition) is 2. The zero-order valence-electron chi connectivity index (χ0n) is 11.0. The summed E-state index contributed by atoms with van der Waals surface area (Å²) < 4.78 is 0. The van der Waals surface area contributed by atoms with Crippen LogP contribution in [0.15, 0.2) is 36.5 Å². The predicted molar refractivity (Wildman–Crippen MR) is 81.3 cm³/mol. The molecule has 1 aliphatic rings. The van der Waals surface area contributed by atoms with Crippen molar-refractivity contribution in [2.45, 2.75) is 19.4 Å². The van der Waals surface area contributed by atoms with E-state index < -0.39 is 0 Å². The molecule has 19 heavy (non-hydrogen) atoms. The van der Waals surface area contributed by atoms with Crippen molar-refractivity contribution in [2.75, 3.05) is 11.4 Å². The van der Waals surface area contributed by atoms with Crippen LogP contribution in [0.1, 0.15) is 24.2 Å². The lowest BCUT2D eigenvalue weighted by Crippen LogP contribution is -2.51. The van der Waals surface area contributed by atoms with Gasteiger partial charge in [0, 0.05) is 17.5 Å². The Morgan fingerprint density at radius 1 is 1.37 bits per heavy atom. The molecule has 5 heteroatoms. The molecule has 0 spiro atoms. The summed E-state index contributed by atoms with van der Waals surface area (Å²) in [7, 11) is 0. The summed E-state index contributed by atoms with van der Waals surface area (Å²) in [6.45, 7) is 4.13. The maximum atomic E-state index is 11.5. The molecule has 0 bridgehead atoms. The highest BCUT2D eigenvalue weighted by Gasteiger charge is 2.23. The fourth-order valence-electron chi connectivity index (χ4n) is 1.84. The number of hydrogen-bond acceptors (Lipinski definition) is 3. The van der Waals surface area contributed by atoms with Crippen LogP contribution in [-0.4, -0.2) is 23.0 Å². The number of nitrogens with zero attached hydrogens (tertiary/aromatic N) is 1. The largest absolute Gasteiger partial charge is 0.354 e. The second-order valence-corrected chi connectivity index (χ2v) is 5.40. The standard InChI is InChI=1S/C14H17N3OS/c1-14(2)7-8-17(13(19)16-14)11-5-3-10(4-6-11)12(18)9-15/h3-8H,9,15H2,1-2H3,(H,16,19). The molecular weight excluding hydrogens is 258 g/mol. The van der Waals surface area contributed by atoms with Crippen LogP contribution in [0.25, 0.3) is 0 Å². The van der Waals surface area contributed by atoms with Crippen molar-refractivity contribution in [1.29, 1.82) is 0 Å². The first-order valence-corrected chi connectivity index (χ1v) is 6.48. The molecule has 0 unspecified atom stereocenters. The van der Waals surface area contributed by atoms with Gasteiger partial charge in [-0.15, -0.1) is 0 Å². The number of Topliss-reactive ketones (excluding diaryl/α,β-unsaturated/α-hetero) is 1. The van der Waals surface area contributed by atoms with E-state index in [1.165, 1.54) is 0 Å². The molecule has 0 amide bonds. The second-order valence-electron chi connectivity index (χ2n) is 5.01. The van der Waals surface area contributed by atoms with Gasteiger partial charge in [0.1, 0.15) is 0 Å². The minimum Gasteiger partial charge on any atom is -0.354 e. The lowest BCUT2D eigenvalue weighted by atomic mass is 10.0. The lowest BCUT2D eigenvalue weighted by molar-refractivity contribution is 0.100. The SMILES string of the molecule is CC1(C)C=CN(c2ccc(C(=O)CN)cc2)C(=S)N1. The highest BCUT2D eigenvalue weighted by molar-refractivity contribution is 7.80. The molecule has 0 fully saturated rings. The number of nitrogens with two attached hydrogens (primary N) is 1. The molecule has 1 heterocycles. The van der Waals surface area contributed by atoms with Gasteiger partial charge in [-0.2, -0.15) is 0 Å². The van der Waals surface area contributed by atoms with E-state index in [2.05, 4.69) is 19.2 Å². The maximum Gasteiger partial charge on any atom is 0.178 e. The summed E-state index contributed by atoms with van der Waals surface area (Å²) in [6, 6.07) is 7.25. The Bertz CT molecular complexity index is 534. The number of anilines is 1. The van der Waals surface area contributed by atoms with Crippen molar-refractivity contribution in [2.24, 2.45) is 5.73 Å². The van der Waals surface area contributed by atoms with Crippen LogP contribution in [-0.2, 0) is 0 Å². The Morgan fingerprint density at radius 2 is 2.00 bits per heavy atom. The zero-order chi connectivity index (χ0) is 14.0. The first-order valence-electron chi connectivity index (χ1n) is 6.07. The number of benzene rings is 1. The van der Waals surface area contributed by atoms with Crippen LogP contribution in [0.2, 0.25) is 0 Å². The van der Waals surface area contributed by atoms with Gasteiger partial charge in [0.05, 0.1) is 12.1 Å². The number of carbonyl (C=O) groups is 1. The molecule has 0 aromatic heterocycles. The van der Waals surface area contributed by atoms with Crippen LogP contribution >= 0.6 is 12.2 Å². The van der Waals surface area contributed by atoms with Gasteiger partial charge in [0.15, 0.2) is 10.9 Å². The van der Waals surface area contributed by atoms with Crippen LogP contribution < -0.4 is 16.0 Å². The van der Waals surface area contributed by atoms with E-state index in [-0.39, 0.29) is 17.9 Å². The normalized spacial score (nSPS) is 17.2. The van der Waals surface area contributed by atoms with E-state index in [0.29, 0.717) is 10.7 Å². The Labute approximate surface area is 118 Å². The fraction of sp³-hybridized carbons (Fsp3) is 0.286. The summed E-state index contributed by atoms with van der Waals surface area (Å²) in [5.41, 5.74) is 6.73. The average Bonchev–Trinajstić information content (AvgIpc) is 2.37. The Morgan fingerprint density at radius 3 is 2.53 bits per heavy atom. The number of rotatable bonds is 3. The molecule has 1 aromatic rings. The topological polar surface area (TPSA) is 58.4 Å². The third kappa shape index (κ3) is 3.00. The Balaban J connectivity index is 2.24. The molecule has 1 aliphatic heterocycles. The molecule has 0 saturated heterocycles. The quantitative estimate of drug-likeness (QED) is 0.651. The monoisotopic (exact) mass is 275 g/mol. The van der Waals surface area contributed by atoms with Gasteiger partial charge in [-0.3, -0.25) is 9.69 Å². The third-order valence-electron chi connectivity index (χ3n) is 2.94. The minimum atomic E-state index is -0.136. The van der Waals surface area contributed by atoms with Gasteiger partial charge in [-0.25, -0.2) is 0 Å². The van der Waals surface area contributed by atoms with Gasteiger partial charge >= 0.3 is 0 Å². The summed E-state index contributed by atoms with van der Waals surface area (Å²) in [5.74, 6) is -0.0671. The molecule has 2 rings (SSSR count). The Kier molecular flexibility index (Phi) is 3.68. The number of carbonyl (C=O) groups excluding carboxylic acids is 1. The van der Waals surface area contributed by atoms with Crippen LogP contribution in [0, 0.1) is 0 Å². The van der Waals surface area contributed by atoms with E-state index in [1.807, 2.05) is 29.3 Å². The number of thiocarbonyl (C=S) groups is 1. The molecule has 0 radical (unpaired) electrons. The molecule has 100 valence electrons. The molecule has 0 saturated carbocycles. The third-order valence-corrected chi connectivity index (χ3v) is 3.24. The van der Waals surface area contributed by atoms with Gasteiger partial charge in [-0.05, 0) is 56.4 Å². The first kappa shape index (κ1) is 13.7. The van der Waals surface area contributed by atoms with E-state index in [9.17, 15) is 4.79 Å². The number of ketones is 1. The minimum absolute atomic E-state index is 0.0249. The summed E-state index contributed by atoms with van der Waals surface area (Å²) in [6.07, 6.45) is 3.99. The van der Waals surface area contributed by atoms with Crippen molar-refractivity contribution in [3.05, 3.63) is 42.1 Å². The zero-order valence-corrected chi connectivity index (χ0v) is 11.8. The van der Waals surface area contributed by atoms with Gasteiger partial charge < -0.3 is 11.1 Å². The average molecular weight is 275 g/mol. The molecule has 0 atom stereocenters. The molecular formula is C14H17N3OS. The first-order chi connectivity index (χ1) is 8.93. The van der Waals surface area contributed by atoms with E-state index >= 15 is 0 Å². The highest BCUT2D eigenvalue weighted by Crippen LogP contribution is 2.21. The van der Waals surface area contributed by atoms with Crippen molar-refractivity contribution < 1.29 is 4.79 Å². The van der Waals surface area contributed by atoms with Crippen molar-refractivity contribution in [3.8, 4) is 0 Å². The maximum absolute atomic E-state index is 11.5. The van der Waals surface area contributed by atoms with E-state index in [4.69, 9.17) is 18.0 Å². The van der Waals surface area contributed by atoms with Crippen LogP contribution in [0.4, 0.5) is 5.69 Å². The van der Waals surface area contributed by atoms with Crippen LogP contribution in [0.3, 0.4) is 0 Å². The van der Waals surface area contributed by atoms with Crippen molar-refractivity contribution in [3.63, 3.8) is 0 Å². The smallest absolute Gasteiger partial charge is 0.178 e. The van der Waals surface area contributed by atoms with Crippen molar-refractivity contribution >= 4 is 28.8 Å². The van der Waals surface area contributed by atoms with Gasteiger partial charge in [0.2, 0.25) is 0 Å². The molecule has 1 aromatic carbocycles. The van der Waals surface area contributed by atoms with Gasteiger partial charge in [0.25, 0.3) is 0 Å². The van der Waals surface area contributed by atoms with Gasteiger partial charge in [-0.1, -0.05) is 0 Å².